The Morgan fingerprint density at radius 2 is 1.32 bits per heavy atom. The van der Waals surface area contributed by atoms with E-state index in [4.69, 9.17) is 0 Å². The lowest BCUT2D eigenvalue weighted by Gasteiger charge is -2.39. The van der Waals surface area contributed by atoms with E-state index in [1.807, 2.05) is 0 Å². The lowest BCUT2D eigenvalue weighted by atomic mass is 9.70. The highest BCUT2D eigenvalue weighted by Crippen LogP contribution is 2.47. The van der Waals surface area contributed by atoms with Crippen LogP contribution in [0.2, 0.25) is 0 Å². The molecule has 0 spiro atoms. The van der Waals surface area contributed by atoms with Gasteiger partial charge in [-0.15, -0.1) is 0 Å². The van der Waals surface area contributed by atoms with Gasteiger partial charge in [0, 0.05) is 23.0 Å². The largest absolute Gasteiger partial charge is 0.310 e. The summed E-state index contributed by atoms with van der Waals surface area (Å²) in [5.41, 5.74) is 17.4. The summed E-state index contributed by atoms with van der Waals surface area (Å²) in [6.07, 6.45) is 32.4. The van der Waals surface area contributed by atoms with Crippen LogP contribution < -0.4 is 4.90 Å². The minimum Gasteiger partial charge on any atom is -0.310 e. The van der Waals surface area contributed by atoms with E-state index in [0.717, 1.165) is 32.1 Å². The van der Waals surface area contributed by atoms with Gasteiger partial charge >= 0.3 is 0 Å². The number of rotatable bonds is 5. The van der Waals surface area contributed by atoms with Gasteiger partial charge in [0.15, 0.2) is 0 Å². The zero-order valence-electron chi connectivity index (χ0n) is 26.8. The van der Waals surface area contributed by atoms with Crippen LogP contribution in [0.1, 0.15) is 47.9 Å². The number of aryl methyl sites for hydroxylation is 1. The lowest BCUT2D eigenvalue weighted by Crippen LogP contribution is -2.29. The molecule has 0 N–H and O–H groups in total. The van der Waals surface area contributed by atoms with E-state index in [-0.39, 0.29) is 0 Å². The molecule has 0 saturated heterocycles. The van der Waals surface area contributed by atoms with Gasteiger partial charge in [0.1, 0.15) is 0 Å². The van der Waals surface area contributed by atoms with E-state index in [2.05, 4.69) is 157 Å². The van der Waals surface area contributed by atoms with Crippen molar-refractivity contribution in [2.24, 2.45) is 11.8 Å². The Morgan fingerprint density at radius 1 is 0.596 bits per heavy atom. The van der Waals surface area contributed by atoms with Crippen LogP contribution in [0.15, 0.2) is 156 Å². The monoisotopic (exact) mass is 605 g/mol. The van der Waals surface area contributed by atoms with Crippen LogP contribution in [-0.4, -0.2) is 0 Å². The van der Waals surface area contributed by atoms with Gasteiger partial charge in [-0.1, -0.05) is 121 Å². The normalized spacial score (nSPS) is 20.3. The molecule has 0 aliphatic heterocycles. The fraction of sp³-hybridized carbons (Fsp3) is 0.174. The summed E-state index contributed by atoms with van der Waals surface area (Å²) in [4.78, 5) is 2.50. The molecule has 0 amide bonds. The fourth-order valence-electron chi connectivity index (χ4n) is 8.41. The first-order valence-electron chi connectivity index (χ1n) is 17.4. The zero-order valence-corrected chi connectivity index (χ0v) is 26.8. The van der Waals surface area contributed by atoms with Crippen molar-refractivity contribution in [3.8, 4) is 22.3 Å². The molecule has 228 valence electrons. The second-order valence-corrected chi connectivity index (χ2v) is 13.4. The third kappa shape index (κ3) is 5.02. The first-order chi connectivity index (χ1) is 23.3. The molecular formula is C46H39N. The van der Waals surface area contributed by atoms with Crippen molar-refractivity contribution in [1.29, 1.82) is 0 Å². The van der Waals surface area contributed by atoms with Crippen LogP contribution >= 0.6 is 0 Å². The molecule has 9 rings (SSSR count). The van der Waals surface area contributed by atoms with Gasteiger partial charge in [0.05, 0.1) is 0 Å². The summed E-state index contributed by atoms with van der Waals surface area (Å²) in [7, 11) is 0. The average Bonchev–Trinajstić information content (AvgIpc) is 3.15. The molecule has 0 saturated carbocycles. The third-order valence-electron chi connectivity index (χ3n) is 10.7. The van der Waals surface area contributed by atoms with Crippen LogP contribution in [0.4, 0.5) is 11.4 Å². The van der Waals surface area contributed by atoms with Crippen molar-refractivity contribution in [2.45, 2.75) is 38.5 Å². The summed E-state index contributed by atoms with van der Waals surface area (Å²) < 4.78 is 0. The van der Waals surface area contributed by atoms with E-state index in [1.54, 1.807) is 0 Å². The predicted molar refractivity (Wildman–Crippen MR) is 199 cm³/mol. The van der Waals surface area contributed by atoms with E-state index in [9.17, 15) is 0 Å². The first kappa shape index (κ1) is 28.1. The maximum Gasteiger partial charge on any atom is 0.0499 e. The molecule has 1 nitrogen and oxygen atoms in total. The highest BCUT2D eigenvalue weighted by Gasteiger charge is 2.34. The maximum atomic E-state index is 2.50. The van der Waals surface area contributed by atoms with Gasteiger partial charge in [0.25, 0.3) is 0 Å². The van der Waals surface area contributed by atoms with E-state index < -0.39 is 0 Å². The van der Waals surface area contributed by atoms with Gasteiger partial charge in [-0.25, -0.2) is 0 Å². The Labute approximate surface area is 279 Å². The van der Waals surface area contributed by atoms with Gasteiger partial charge in [-0.2, -0.15) is 0 Å². The van der Waals surface area contributed by atoms with Crippen molar-refractivity contribution >= 4 is 23.5 Å². The number of anilines is 2. The summed E-state index contributed by atoms with van der Waals surface area (Å²) in [6.45, 7) is 0. The molecule has 47 heavy (non-hydrogen) atoms. The number of nitrogens with zero attached hydrogens (tertiary/aromatic N) is 1. The van der Waals surface area contributed by atoms with E-state index in [0.29, 0.717) is 11.8 Å². The average molecular weight is 606 g/mol. The molecule has 5 aliphatic carbocycles. The van der Waals surface area contributed by atoms with Crippen LogP contribution in [0, 0.1) is 11.8 Å². The van der Waals surface area contributed by atoms with Crippen LogP contribution in [0.5, 0.6) is 0 Å². The lowest BCUT2D eigenvalue weighted by molar-refractivity contribution is 0.465. The zero-order chi connectivity index (χ0) is 31.2. The molecule has 2 unspecified atom stereocenters. The van der Waals surface area contributed by atoms with Crippen LogP contribution in [0.3, 0.4) is 0 Å². The standard InChI is InChI=1S/C46H39N/c1-4-16-39-32(11-1)14-9-21-41(39)34-23-27-37(28-24-34)47(46-31-36-13-3-6-18-43(36)44-19-7-8-20-45(44)46)38-29-25-35(26-30-38)42-22-10-15-33-12-2-5-17-40(33)42/h1,3,5-6,8-11,13-15,17-18,20-31,43-44H,2,4,7,12,16,19H2. The minimum absolute atomic E-state index is 0.450. The Kier molecular flexibility index (Phi) is 7.12. The van der Waals surface area contributed by atoms with Gasteiger partial charge in [0.2, 0.25) is 0 Å². The Bertz CT molecular complexity index is 2070. The highest BCUT2D eigenvalue weighted by molar-refractivity contribution is 5.82. The van der Waals surface area contributed by atoms with Crippen molar-refractivity contribution in [3.63, 3.8) is 0 Å². The smallest absolute Gasteiger partial charge is 0.0499 e. The molecule has 0 heterocycles. The third-order valence-corrected chi connectivity index (χ3v) is 10.7. The molecule has 1 heteroatoms. The number of allylic oxidation sites excluding steroid dienone is 11. The number of hydrogen-bond donors (Lipinski definition) is 0. The molecular weight excluding hydrogens is 567 g/mol. The number of benzene rings is 4. The molecule has 4 aromatic carbocycles. The molecule has 4 aromatic rings. The van der Waals surface area contributed by atoms with E-state index in [1.165, 1.54) is 79.1 Å². The Hall–Kier alpha value is -5.14. The summed E-state index contributed by atoms with van der Waals surface area (Å²) in [6, 6.07) is 32.1. The van der Waals surface area contributed by atoms with Gasteiger partial charge < -0.3 is 4.90 Å². The Morgan fingerprint density at radius 3 is 2.17 bits per heavy atom. The van der Waals surface area contributed by atoms with Crippen molar-refractivity contribution in [3.05, 3.63) is 179 Å². The Balaban J connectivity index is 1.17. The molecule has 2 atom stereocenters. The second-order valence-electron chi connectivity index (χ2n) is 13.4. The van der Waals surface area contributed by atoms with Crippen molar-refractivity contribution < 1.29 is 0 Å². The molecule has 0 bridgehead atoms. The number of fused-ring (bicyclic) bond motifs is 5. The first-order valence-corrected chi connectivity index (χ1v) is 17.4. The topological polar surface area (TPSA) is 3.24 Å². The second kappa shape index (κ2) is 11.9. The maximum absolute atomic E-state index is 2.50. The van der Waals surface area contributed by atoms with E-state index >= 15 is 0 Å². The predicted octanol–water partition coefficient (Wildman–Crippen LogP) is 12.0. The van der Waals surface area contributed by atoms with Gasteiger partial charge in [-0.05, 0) is 130 Å². The van der Waals surface area contributed by atoms with Crippen molar-refractivity contribution in [1.82, 2.24) is 0 Å². The molecule has 0 fully saturated rings. The summed E-state index contributed by atoms with van der Waals surface area (Å²) >= 11 is 0. The minimum atomic E-state index is 0.450. The fourth-order valence-corrected chi connectivity index (χ4v) is 8.41. The van der Waals surface area contributed by atoms with Gasteiger partial charge in [-0.3, -0.25) is 0 Å². The summed E-state index contributed by atoms with van der Waals surface area (Å²) in [5.74, 6) is 0.940. The van der Waals surface area contributed by atoms with Crippen LogP contribution in [0.25, 0.3) is 34.4 Å². The summed E-state index contributed by atoms with van der Waals surface area (Å²) in [5, 5.41) is 0. The molecule has 0 aromatic heterocycles. The molecule has 5 aliphatic rings. The quantitative estimate of drug-likeness (QED) is 0.219. The number of hydrogen-bond acceptors (Lipinski definition) is 1. The van der Waals surface area contributed by atoms with Crippen molar-refractivity contribution in [2.75, 3.05) is 4.90 Å². The molecule has 0 radical (unpaired) electrons. The highest BCUT2D eigenvalue weighted by atomic mass is 15.1. The van der Waals surface area contributed by atoms with Crippen LogP contribution in [-0.2, 0) is 12.8 Å². The SMILES string of the molecule is C1=CC2=CC(N(c3ccc(-c4cccc5c4C=CCC5)cc3)c3ccc(-c4cccc5c4CCC=C5)cc3)=C3C=CCCC3C2C=C1.